The van der Waals surface area contributed by atoms with Gasteiger partial charge in [-0.3, -0.25) is 10.1 Å². The first-order valence-electron chi connectivity index (χ1n) is 5.93. The first-order valence-corrected chi connectivity index (χ1v) is 7.80. The highest BCUT2D eigenvalue weighted by Gasteiger charge is 2.12. The summed E-state index contributed by atoms with van der Waals surface area (Å²) < 4.78 is 1.98. The standard InChI is InChI=1S/C14H12BrIN2O2/c1-9(10-2-4-11(16)5-3-10)17-14-8-12(18(19)20)6-7-13(14)15/h2-9,17H,1H3. The zero-order valence-electron chi connectivity index (χ0n) is 10.6. The van der Waals surface area contributed by atoms with E-state index in [0.717, 1.165) is 10.0 Å². The average Bonchev–Trinajstić information content (AvgIpc) is 2.41. The van der Waals surface area contributed by atoms with Gasteiger partial charge < -0.3 is 5.32 Å². The van der Waals surface area contributed by atoms with E-state index in [9.17, 15) is 10.1 Å². The van der Waals surface area contributed by atoms with Gasteiger partial charge in [0, 0.05) is 26.2 Å². The number of hydrogen-bond acceptors (Lipinski definition) is 3. The van der Waals surface area contributed by atoms with Crippen molar-refractivity contribution in [1.82, 2.24) is 0 Å². The summed E-state index contributed by atoms with van der Waals surface area (Å²) in [6.45, 7) is 2.02. The third kappa shape index (κ3) is 3.69. The summed E-state index contributed by atoms with van der Waals surface area (Å²) in [6, 6.07) is 12.9. The Bertz CT molecular complexity index is 632. The number of anilines is 1. The number of rotatable bonds is 4. The Balaban J connectivity index is 2.22. The summed E-state index contributed by atoms with van der Waals surface area (Å²) in [7, 11) is 0. The van der Waals surface area contributed by atoms with E-state index in [0.29, 0.717) is 5.69 Å². The van der Waals surface area contributed by atoms with Crippen molar-refractivity contribution in [2.24, 2.45) is 0 Å². The van der Waals surface area contributed by atoms with E-state index in [1.165, 1.54) is 15.7 Å². The Hall–Kier alpha value is -1.15. The number of nitro groups is 1. The second-order valence-electron chi connectivity index (χ2n) is 4.34. The van der Waals surface area contributed by atoms with Crippen molar-refractivity contribution in [3.63, 3.8) is 0 Å². The summed E-state index contributed by atoms with van der Waals surface area (Å²) in [5.41, 5.74) is 1.92. The van der Waals surface area contributed by atoms with Gasteiger partial charge in [0.25, 0.3) is 5.69 Å². The largest absolute Gasteiger partial charge is 0.377 e. The van der Waals surface area contributed by atoms with Crippen molar-refractivity contribution in [2.45, 2.75) is 13.0 Å². The average molecular weight is 447 g/mol. The molecule has 1 N–H and O–H groups in total. The fraction of sp³-hybridized carbons (Fsp3) is 0.143. The van der Waals surface area contributed by atoms with Crippen LogP contribution in [-0.4, -0.2) is 4.92 Å². The van der Waals surface area contributed by atoms with Crippen molar-refractivity contribution < 1.29 is 4.92 Å². The quantitative estimate of drug-likeness (QED) is 0.402. The zero-order chi connectivity index (χ0) is 14.7. The van der Waals surface area contributed by atoms with Crippen LogP contribution in [0.25, 0.3) is 0 Å². The molecule has 1 unspecified atom stereocenters. The molecule has 0 aliphatic carbocycles. The fourth-order valence-corrected chi connectivity index (χ4v) is 2.53. The van der Waals surface area contributed by atoms with E-state index in [2.05, 4.69) is 43.8 Å². The molecule has 1 atom stereocenters. The zero-order valence-corrected chi connectivity index (χ0v) is 14.4. The highest BCUT2D eigenvalue weighted by molar-refractivity contribution is 14.1. The first kappa shape index (κ1) is 15.2. The van der Waals surface area contributed by atoms with Gasteiger partial charge in [-0.2, -0.15) is 0 Å². The topological polar surface area (TPSA) is 55.2 Å². The molecule has 0 bridgehead atoms. The molecule has 6 heteroatoms. The number of hydrogen-bond donors (Lipinski definition) is 1. The molecule has 4 nitrogen and oxygen atoms in total. The Labute approximate surface area is 139 Å². The van der Waals surface area contributed by atoms with Gasteiger partial charge >= 0.3 is 0 Å². The van der Waals surface area contributed by atoms with Crippen LogP contribution in [0.15, 0.2) is 46.9 Å². The molecule has 2 aromatic rings. The van der Waals surface area contributed by atoms with Crippen LogP contribution < -0.4 is 5.32 Å². The van der Waals surface area contributed by atoms with Crippen molar-refractivity contribution in [3.8, 4) is 0 Å². The number of non-ortho nitro benzene ring substituents is 1. The molecule has 0 saturated carbocycles. The Morgan fingerprint density at radius 2 is 1.90 bits per heavy atom. The van der Waals surface area contributed by atoms with Gasteiger partial charge in [0.15, 0.2) is 0 Å². The van der Waals surface area contributed by atoms with Crippen molar-refractivity contribution in [1.29, 1.82) is 0 Å². The van der Waals surface area contributed by atoms with E-state index in [1.807, 2.05) is 31.2 Å². The van der Waals surface area contributed by atoms with Crippen molar-refractivity contribution in [2.75, 3.05) is 5.32 Å². The van der Waals surface area contributed by atoms with E-state index < -0.39 is 4.92 Å². The molecule has 0 aliphatic rings. The Morgan fingerprint density at radius 3 is 2.50 bits per heavy atom. The molecule has 20 heavy (non-hydrogen) atoms. The smallest absolute Gasteiger partial charge is 0.271 e. The van der Waals surface area contributed by atoms with E-state index >= 15 is 0 Å². The van der Waals surface area contributed by atoms with E-state index in [4.69, 9.17) is 0 Å². The van der Waals surface area contributed by atoms with Crippen LogP contribution in [0.5, 0.6) is 0 Å². The number of nitrogens with one attached hydrogen (secondary N) is 1. The van der Waals surface area contributed by atoms with Crippen LogP contribution in [-0.2, 0) is 0 Å². The SMILES string of the molecule is CC(Nc1cc([N+](=O)[O-])ccc1Br)c1ccc(I)cc1. The van der Waals surface area contributed by atoms with Gasteiger partial charge in [0.1, 0.15) is 0 Å². The molecule has 104 valence electrons. The minimum Gasteiger partial charge on any atom is -0.377 e. The summed E-state index contributed by atoms with van der Waals surface area (Å²) in [4.78, 5) is 10.4. The molecule has 2 rings (SSSR count). The predicted molar refractivity (Wildman–Crippen MR) is 92.0 cm³/mol. The molecule has 2 aromatic carbocycles. The van der Waals surface area contributed by atoms with Crippen LogP contribution in [0.4, 0.5) is 11.4 Å². The third-order valence-electron chi connectivity index (χ3n) is 2.90. The molecular formula is C14H12BrIN2O2. The van der Waals surface area contributed by atoms with Gasteiger partial charge in [0.05, 0.1) is 10.6 Å². The third-order valence-corrected chi connectivity index (χ3v) is 4.31. The second-order valence-corrected chi connectivity index (χ2v) is 6.44. The van der Waals surface area contributed by atoms with Crippen molar-refractivity contribution in [3.05, 3.63) is 66.2 Å². The monoisotopic (exact) mass is 446 g/mol. The second kappa shape index (κ2) is 6.53. The Morgan fingerprint density at radius 1 is 1.25 bits per heavy atom. The molecule has 0 amide bonds. The normalized spacial score (nSPS) is 11.9. The lowest BCUT2D eigenvalue weighted by Crippen LogP contribution is -2.07. The maximum Gasteiger partial charge on any atom is 0.271 e. The highest BCUT2D eigenvalue weighted by Crippen LogP contribution is 2.30. The maximum absolute atomic E-state index is 10.8. The van der Waals surface area contributed by atoms with Crippen LogP contribution in [0, 0.1) is 13.7 Å². The van der Waals surface area contributed by atoms with Gasteiger partial charge in [-0.1, -0.05) is 12.1 Å². The minimum atomic E-state index is -0.396. The molecule has 0 aliphatic heterocycles. The van der Waals surface area contributed by atoms with Crippen LogP contribution in [0.3, 0.4) is 0 Å². The molecule has 0 heterocycles. The maximum atomic E-state index is 10.8. The fourth-order valence-electron chi connectivity index (χ4n) is 1.81. The lowest BCUT2D eigenvalue weighted by Gasteiger charge is -2.17. The summed E-state index contributed by atoms with van der Waals surface area (Å²) in [6.07, 6.45) is 0. The van der Waals surface area contributed by atoms with Gasteiger partial charge in [0.2, 0.25) is 0 Å². The minimum absolute atomic E-state index is 0.0605. The summed E-state index contributed by atoms with van der Waals surface area (Å²) >= 11 is 5.66. The van der Waals surface area contributed by atoms with Gasteiger partial charge in [-0.25, -0.2) is 0 Å². The number of nitro benzene ring substituents is 1. The van der Waals surface area contributed by atoms with Crippen LogP contribution in [0.2, 0.25) is 0 Å². The van der Waals surface area contributed by atoms with Crippen LogP contribution in [0.1, 0.15) is 18.5 Å². The number of benzene rings is 2. The van der Waals surface area contributed by atoms with E-state index in [-0.39, 0.29) is 11.7 Å². The lowest BCUT2D eigenvalue weighted by atomic mass is 10.1. The van der Waals surface area contributed by atoms with Gasteiger partial charge in [-0.15, -0.1) is 0 Å². The molecule has 0 fully saturated rings. The molecule has 0 saturated heterocycles. The first-order chi connectivity index (χ1) is 9.47. The molecule has 0 aromatic heterocycles. The Kier molecular flexibility index (Phi) is 4.98. The number of nitrogens with zero attached hydrogens (tertiary/aromatic N) is 1. The van der Waals surface area contributed by atoms with Crippen molar-refractivity contribution >= 4 is 49.9 Å². The number of halogens is 2. The summed E-state index contributed by atoms with van der Waals surface area (Å²) in [5.74, 6) is 0. The highest BCUT2D eigenvalue weighted by atomic mass is 127. The summed E-state index contributed by atoms with van der Waals surface area (Å²) in [5, 5.41) is 14.1. The van der Waals surface area contributed by atoms with E-state index in [1.54, 1.807) is 6.07 Å². The van der Waals surface area contributed by atoms with Crippen LogP contribution >= 0.6 is 38.5 Å². The molecular weight excluding hydrogens is 435 g/mol. The lowest BCUT2D eigenvalue weighted by molar-refractivity contribution is -0.384. The van der Waals surface area contributed by atoms with Gasteiger partial charge in [-0.05, 0) is 69.2 Å². The molecule has 0 radical (unpaired) electrons. The predicted octanol–water partition coefficient (Wildman–Crippen LogP) is 5.14. The molecule has 0 spiro atoms.